The van der Waals surface area contributed by atoms with Crippen molar-refractivity contribution < 1.29 is 9.53 Å². The van der Waals surface area contributed by atoms with Crippen LogP contribution in [0.3, 0.4) is 0 Å². The normalized spacial score (nSPS) is 32.4. The average molecular weight is 253 g/mol. The Morgan fingerprint density at radius 2 is 2.33 bits per heavy atom. The van der Waals surface area contributed by atoms with E-state index in [1.807, 2.05) is 4.90 Å². The molecule has 0 aromatic rings. The van der Waals surface area contributed by atoms with Crippen molar-refractivity contribution >= 4 is 11.9 Å². The zero-order chi connectivity index (χ0) is 13.3. The van der Waals surface area contributed by atoms with Gasteiger partial charge in [0, 0.05) is 26.0 Å². The lowest BCUT2D eigenvalue weighted by molar-refractivity contribution is -0.0544. The predicted octanol–water partition coefficient (Wildman–Crippen LogP) is 1.76. The minimum atomic E-state index is -0.389. The fraction of sp³-hybridized carbons (Fsp3) is 0.846. The second-order valence-corrected chi connectivity index (χ2v) is 5.57. The second-order valence-electron chi connectivity index (χ2n) is 5.57. The number of carbonyl (C=O) groups is 1. The van der Waals surface area contributed by atoms with Crippen LogP contribution in [0.2, 0.25) is 0 Å². The summed E-state index contributed by atoms with van der Waals surface area (Å²) in [6.45, 7) is 7.70. The number of hydrogen-bond acceptors (Lipinski definition) is 3. The Morgan fingerprint density at radius 3 is 2.94 bits per heavy atom. The van der Waals surface area contributed by atoms with Crippen molar-refractivity contribution in [2.24, 2.45) is 16.6 Å². The quantitative estimate of drug-likeness (QED) is 0.833. The van der Waals surface area contributed by atoms with E-state index in [0.717, 1.165) is 19.3 Å². The summed E-state index contributed by atoms with van der Waals surface area (Å²) in [6, 6.07) is -0.182. The van der Waals surface area contributed by atoms with Gasteiger partial charge in [0.05, 0.1) is 6.10 Å². The number of amidine groups is 1. The highest BCUT2D eigenvalue weighted by molar-refractivity contribution is 6.05. The van der Waals surface area contributed by atoms with Gasteiger partial charge in [0.25, 0.3) is 0 Å². The molecule has 2 rings (SSSR count). The topological polar surface area (TPSA) is 67.9 Å². The number of urea groups is 1. The maximum absolute atomic E-state index is 11.9. The Labute approximate surface area is 108 Å². The highest BCUT2D eigenvalue weighted by Crippen LogP contribution is 2.37. The molecular weight excluding hydrogens is 230 g/mol. The Morgan fingerprint density at radius 1 is 1.61 bits per heavy atom. The smallest absolute Gasteiger partial charge is 0.346 e. The van der Waals surface area contributed by atoms with Gasteiger partial charge in [0.1, 0.15) is 11.4 Å². The predicted molar refractivity (Wildman–Crippen MR) is 70.6 cm³/mol. The Balaban J connectivity index is 2.26. The largest absolute Gasteiger partial charge is 0.385 e. The molecule has 2 unspecified atom stereocenters. The van der Waals surface area contributed by atoms with Crippen LogP contribution in [0.15, 0.2) is 4.99 Å². The maximum atomic E-state index is 11.9. The van der Waals surface area contributed by atoms with Gasteiger partial charge in [-0.1, -0.05) is 20.8 Å². The van der Waals surface area contributed by atoms with E-state index in [0.29, 0.717) is 24.9 Å². The van der Waals surface area contributed by atoms with Gasteiger partial charge in [-0.25, -0.2) is 4.79 Å². The molecule has 0 aromatic heterocycles. The van der Waals surface area contributed by atoms with Gasteiger partial charge in [-0.15, -0.1) is 0 Å². The first-order chi connectivity index (χ1) is 8.51. The molecule has 102 valence electrons. The first-order valence-corrected chi connectivity index (χ1v) is 6.79. The SMILES string of the molecule is CCCN1C(=O)N=C(N)C12CCOC(C(C)C)C2. The van der Waals surface area contributed by atoms with Gasteiger partial charge >= 0.3 is 6.03 Å². The number of rotatable bonds is 3. The van der Waals surface area contributed by atoms with Crippen LogP contribution in [0, 0.1) is 5.92 Å². The first-order valence-electron chi connectivity index (χ1n) is 6.79. The first kappa shape index (κ1) is 13.3. The van der Waals surface area contributed by atoms with Crippen LogP contribution in [0.4, 0.5) is 4.79 Å². The summed E-state index contributed by atoms with van der Waals surface area (Å²) in [5.41, 5.74) is 5.66. The zero-order valence-corrected chi connectivity index (χ0v) is 11.5. The van der Waals surface area contributed by atoms with Crippen LogP contribution in [0.1, 0.15) is 40.0 Å². The van der Waals surface area contributed by atoms with Crippen LogP contribution in [0.25, 0.3) is 0 Å². The molecule has 5 heteroatoms. The lowest BCUT2D eigenvalue weighted by Crippen LogP contribution is -2.59. The van der Waals surface area contributed by atoms with E-state index < -0.39 is 0 Å². The molecule has 2 aliphatic heterocycles. The molecule has 0 bridgehead atoms. The number of nitrogens with two attached hydrogens (primary N) is 1. The fourth-order valence-electron chi connectivity index (χ4n) is 2.90. The summed E-state index contributed by atoms with van der Waals surface area (Å²) in [6.07, 6.45) is 2.60. The van der Waals surface area contributed by atoms with E-state index in [-0.39, 0.29) is 17.7 Å². The van der Waals surface area contributed by atoms with Crippen LogP contribution < -0.4 is 5.73 Å². The van der Waals surface area contributed by atoms with Crippen LogP contribution >= 0.6 is 0 Å². The number of nitrogens with zero attached hydrogens (tertiary/aromatic N) is 2. The van der Waals surface area contributed by atoms with Gasteiger partial charge in [0.2, 0.25) is 0 Å². The van der Waals surface area contributed by atoms with E-state index in [2.05, 4.69) is 25.8 Å². The van der Waals surface area contributed by atoms with Crippen molar-refractivity contribution in [2.75, 3.05) is 13.2 Å². The molecule has 2 N–H and O–H groups in total. The molecule has 0 saturated carbocycles. The fourth-order valence-corrected chi connectivity index (χ4v) is 2.90. The summed E-state index contributed by atoms with van der Waals surface area (Å²) in [5.74, 6) is 0.907. The Hall–Kier alpha value is -1.10. The molecule has 0 aromatic carbocycles. The summed E-state index contributed by atoms with van der Waals surface area (Å²) in [7, 11) is 0. The molecule has 0 aliphatic carbocycles. The van der Waals surface area contributed by atoms with Crippen molar-refractivity contribution in [3.63, 3.8) is 0 Å². The van der Waals surface area contributed by atoms with Gasteiger partial charge in [0.15, 0.2) is 0 Å². The van der Waals surface area contributed by atoms with Crippen molar-refractivity contribution in [2.45, 2.75) is 51.7 Å². The third-order valence-corrected chi connectivity index (χ3v) is 4.02. The lowest BCUT2D eigenvalue weighted by Gasteiger charge is -2.44. The van der Waals surface area contributed by atoms with E-state index in [9.17, 15) is 4.79 Å². The van der Waals surface area contributed by atoms with Crippen molar-refractivity contribution in [3.05, 3.63) is 0 Å². The molecule has 5 nitrogen and oxygen atoms in total. The molecule has 1 fully saturated rings. The number of hydrogen-bond donors (Lipinski definition) is 1. The minimum absolute atomic E-state index is 0.151. The lowest BCUT2D eigenvalue weighted by atomic mass is 9.81. The molecule has 2 aliphatic rings. The summed E-state index contributed by atoms with van der Waals surface area (Å²) in [5, 5.41) is 0. The second kappa shape index (κ2) is 4.88. The van der Waals surface area contributed by atoms with E-state index in [4.69, 9.17) is 10.5 Å². The third kappa shape index (κ3) is 2.00. The summed E-state index contributed by atoms with van der Waals surface area (Å²) < 4.78 is 5.79. The Bertz CT molecular complexity index is 367. The van der Waals surface area contributed by atoms with E-state index in [1.54, 1.807) is 0 Å². The zero-order valence-electron chi connectivity index (χ0n) is 11.5. The van der Waals surface area contributed by atoms with Gasteiger partial charge in [-0.05, 0) is 12.3 Å². The average Bonchev–Trinajstić information content (AvgIpc) is 2.54. The van der Waals surface area contributed by atoms with Crippen molar-refractivity contribution in [3.8, 4) is 0 Å². The molecule has 2 amide bonds. The highest BCUT2D eigenvalue weighted by atomic mass is 16.5. The third-order valence-electron chi connectivity index (χ3n) is 4.02. The van der Waals surface area contributed by atoms with Crippen LogP contribution in [-0.2, 0) is 4.74 Å². The van der Waals surface area contributed by atoms with E-state index in [1.165, 1.54) is 0 Å². The maximum Gasteiger partial charge on any atom is 0.346 e. The molecule has 2 atom stereocenters. The number of aliphatic imine (C=N–C) groups is 1. The molecule has 0 radical (unpaired) electrons. The van der Waals surface area contributed by atoms with Crippen LogP contribution in [0.5, 0.6) is 0 Å². The standard InChI is InChI=1S/C13H23N3O2/c1-4-6-16-12(17)15-11(14)13(16)5-7-18-10(8-13)9(2)3/h9-10H,4-8H2,1-3H3,(H2,14,15,17). The molecule has 18 heavy (non-hydrogen) atoms. The number of carbonyl (C=O) groups excluding carboxylic acids is 1. The molecule has 1 spiro atoms. The monoisotopic (exact) mass is 253 g/mol. The molecule has 1 saturated heterocycles. The van der Waals surface area contributed by atoms with Crippen molar-refractivity contribution in [1.29, 1.82) is 0 Å². The Kier molecular flexibility index (Phi) is 3.61. The molecule has 2 heterocycles. The van der Waals surface area contributed by atoms with Gasteiger partial charge in [-0.3, -0.25) is 0 Å². The van der Waals surface area contributed by atoms with Gasteiger partial charge < -0.3 is 15.4 Å². The number of amides is 2. The van der Waals surface area contributed by atoms with Crippen LogP contribution in [-0.4, -0.2) is 41.6 Å². The minimum Gasteiger partial charge on any atom is -0.385 e. The van der Waals surface area contributed by atoms with E-state index >= 15 is 0 Å². The molecular formula is C13H23N3O2. The van der Waals surface area contributed by atoms with Gasteiger partial charge in [-0.2, -0.15) is 4.99 Å². The number of ether oxygens (including phenoxy) is 1. The highest BCUT2D eigenvalue weighted by Gasteiger charge is 2.51. The summed E-state index contributed by atoms with van der Waals surface area (Å²) >= 11 is 0. The van der Waals surface area contributed by atoms with Crippen molar-refractivity contribution in [1.82, 2.24) is 4.90 Å². The summed E-state index contributed by atoms with van der Waals surface area (Å²) in [4.78, 5) is 17.8.